The summed E-state index contributed by atoms with van der Waals surface area (Å²) < 4.78 is 6.53. The fourth-order valence-electron chi connectivity index (χ4n) is 3.16. The zero-order valence-electron chi connectivity index (χ0n) is 11.7. The molecule has 1 aromatic rings. The van der Waals surface area contributed by atoms with E-state index in [2.05, 4.69) is 34.3 Å². The first-order valence-electron chi connectivity index (χ1n) is 6.87. The summed E-state index contributed by atoms with van der Waals surface area (Å²) in [4.78, 5) is 0. The van der Waals surface area contributed by atoms with Gasteiger partial charge in [0, 0.05) is 10.5 Å². The first-order valence-corrected chi connectivity index (χ1v) is 7.67. The molecule has 0 bridgehead atoms. The third-order valence-electron chi connectivity index (χ3n) is 4.45. The van der Waals surface area contributed by atoms with Gasteiger partial charge in [-0.15, -0.1) is 0 Å². The number of hydrogen-bond acceptors (Lipinski definition) is 3. The Balaban J connectivity index is 2.20. The van der Waals surface area contributed by atoms with Gasteiger partial charge in [0.05, 0.1) is 7.11 Å². The molecule has 1 saturated carbocycles. The molecule has 3 N–H and O–H groups in total. The first kappa shape index (κ1) is 14.8. The molecule has 19 heavy (non-hydrogen) atoms. The standard InChI is InChI=1S/C15H23BrN2O/c1-15(7-3-4-8-15)14(18-17)10-11-9-12(16)5-6-13(11)19-2/h5-6,9,14,18H,3-4,7-8,10,17H2,1-2H3. The van der Waals surface area contributed by atoms with Crippen LogP contribution in [0.15, 0.2) is 22.7 Å². The van der Waals surface area contributed by atoms with E-state index < -0.39 is 0 Å². The summed E-state index contributed by atoms with van der Waals surface area (Å²) in [6.45, 7) is 2.34. The molecule has 4 heteroatoms. The van der Waals surface area contributed by atoms with Gasteiger partial charge in [0.25, 0.3) is 0 Å². The molecule has 0 amide bonds. The van der Waals surface area contributed by atoms with Crippen molar-refractivity contribution in [2.45, 2.75) is 45.1 Å². The Hall–Kier alpha value is -0.580. The van der Waals surface area contributed by atoms with Crippen molar-refractivity contribution in [3.63, 3.8) is 0 Å². The molecule has 0 saturated heterocycles. The molecule has 0 aliphatic heterocycles. The van der Waals surface area contributed by atoms with Crippen LogP contribution in [-0.4, -0.2) is 13.2 Å². The van der Waals surface area contributed by atoms with Crippen LogP contribution in [0.4, 0.5) is 0 Å². The highest BCUT2D eigenvalue weighted by Gasteiger charge is 2.36. The summed E-state index contributed by atoms with van der Waals surface area (Å²) in [6.07, 6.45) is 6.01. The van der Waals surface area contributed by atoms with Crippen LogP contribution < -0.4 is 16.0 Å². The van der Waals surface area contributed by atoms with Crippen molar-refractivity contribution in [2.75, 3.05) is 7.11 Å². The Bertz CT molecular complexity index is 430. The Morgan fingerprint density at radius 2 is 2.11 bits per heavy atom. The van der Waals surface area contributed by atoms with Crippen molar-refractivity contribution in [2.24, 2.45) is 11.3 Å². The topological polar surface area (TPSA) is 47.3 Å². The molecule has 0 spiro atoms. The van der Waals surface area contributed by atoms with Gasteiger partial charge in [-0.2, -0.15) is 0 Å². The fraction of sp³-hybridized carbons (Fsp3) is 0.600. The molecule has 0 heterocycles. The van der Waals surface area contributed by atoms with Gasteiger partial charge >= 0.3 is 0 Å². The Labute approximate surface area is 124 Å². The third kappa shape index (κ3) is 3.30. The molecule has 1 atom stereocenters. The number of methoxy groups -OCH3 is 1. The number of hydrazine groups is 1. The lowest BCUT2D eigenvalue weighted by molar-refractivity contribution is 0.219. The van der Waals surface area contributed by atoms with Crippen molar-refractivity contribution in [3.05, 3.63) is 28.2 Å². The fourth-order valence-corrected chi connectivity index (χ4v) is 3.57. The van der Waals surface area contributed by atoms with Crippen LogP contribution in [-0.2, 0) is 6.42 Å². The summed E-state index contributed by atoms with van der Waals surface area (Å²) >= 11 is 3.53. The van der Waals surface area contributed by atoms with Crippen molar-refractivity contribution in [1.29, 1.82) is 0 Å². The lowest BCUT2D eigenvalue weighted by atomic mass is 9.78. The number of rotatable bonds is 5. The van der Waals surface area contributed by atoms with Crippen LogP contribution in [0.5, 0.6) is 5.75 Å². The average Bonchev–Trinajstić information content (AvgIpc) is 2.84. The maximum absolute atomic E-state index is 5.81. The molecule has 3 nitrogen and oxygen atoms in total. The average molecular weight is 327 g/mol. The molecule has 106 valence electrons. The van der Waals surface area contributed by atoms with Gasteiger partial charge in [-0.1, -0.05) is 35.7 Å². The second-order valence-corrected chi connectivity index (χ2v) is 6.66. The Kier molecular flexibility index (Phi) is 4.87. The number of halogens is 1. The van der Waals surface area contributed by atoms with Crippen LogP contribution in [0.1, 0.15) is 38.2 Å². The summed E-state index contributed by atoms with van der Waals surface area (Å²) in [6, 6.07) is 6.42. The van der Waals surface area contributed by atoms with Crippen LogP contribution in [0, 0.1) is 5.41 Å². The van der Waals surface area contributed by atoms with Gasteiger partial charge < -0.3 is 4.74 Å². The monoisotopic (exact) mass is 326 g/mol. The summed E-state index contributed by atoms with van der Waals surface area (Å²) in [5.41, 5.74) is 4.53. The van der Waals surface area contributed by atoms with E-state index in [1.165, 1.54) is 31.2 Å². The van der Waals surface area contributed by atoms with E-state index in [0.29, 0.717) is 5.41 Å². The maximum atomic E-state index is 5.81. The zero-order valence-corrected chi connectivity index (χ0v) is 13.3. The number of nitrogens with one attached hydrogen (secondary N) is 1. The largest absolute Gasteiger partial charge is 0.496 e. The van der Waals surface area contributed by atoms with Gasteiger partial charge in [0.2, 0.25) is 0 Å². The predicted molar refractivity (Wildman–Crippen MR) is 82.1 cm³/mol. The third-order valence-corrected chi connectivity index (χ3v) is 4.95. The van der Waals surface area contributed by atoms with Crippen molar-refractivity contribution in [1.82, 2.24) is 5.43 Å². The molecule has 2 rings (SSSR count). The number of nitrogens with two attached hydrogens (primary N) is 1. The van der Waals surface area contributed by atoms with Crippen LogP contribution >= 0.6 is 15.9 Å². The second kappa shape index (κ2) is 6.25. The molecule has 1 aromatic carbocycles. The second-order valence-electron chi connectivity index (χ2n) is 5.74. The summed E-state index contributed by atoms with van der Waals surface area (Å²) in [5.74, 6) is 6.75. The summed E-state index contributed by atoms with van der Waals surface area (Å²) in [7, 11) is 1.72. The number of hydrogen-bond donors (Lipinski definition) is 2. The SMILES string of the molecule is COc1ccc(Br)cc1CC(NN)C1(C)CCCC1. The lowest BCUT2D eigenvalue weighted by Gasteiger charge is -2.34. The van der Waals surface area contributed by atoms with Crippen LogP contribution in [0.25, 0.3) is 0 Å². The van der Waals surface area contributed by atoms with E-state index in [0.717, 1.165) is 16.6 Å². The molecule has 1 aliphatic rings. The van der Waals surface area contributed by atoms with Gasteiger partial charge in [-0.25, -0.2) is 0 Å². The zero-order chi connectivity index (χ0) is 13.9. The van der Waals surface area contributed by atoms with E-state index in [-0.39, 0.29) is 6.04 Å². The highest BCUT2D eigenvalue weighted by molar-refractivity contribution is 9.10. The molecular formula is C15H23BrN2O. The minimum absolute atomic E-state index is 0.290. The lowest BCUT2D eigenvalue weighted by Crippen LogP contribution is -2.47. The minimum atomic E-state index is 0.290. The number of benzene rings is 1. The van der Waals surface area contributed by atoms with Crippen molar-refractivity contribution < 1.29 is 4.74 Å². The Morgan fingerprint density at radius 1 is 1.42 bits per heavy atom. The summed E-state index contributed by atoms with van der Waals surface area (Å²) in [5, 5.41) is 0. The normalized spacial score (nSPS) is 19.4. The molecule has 1 fully saturated rings. The van der Waals surface area contributed by atoms with Gasteiger partial charge in [-0.05, 0) is 48.4 Å². The molecule has 1 aliphatic carbocycles. The molecular weight excluding hydrogens is 304 g/mol. The van der Waals surface area contributed by atoms with E-state index in [4.69, 9.17) is 10.6 Å². The van der Waals surface area contributed by atoms with Gasteiger partial charge in [0.1, 0.15) is 5.75 Å². The van der Waals surface area contributed by atoms with Crippen molar-refractivity contribution in [3.8, 4) is 5.75 Å². The van der Waals surface area contributed by atoms with E-state index >= 15 is 0 Å². The molecule has 0 aromatic heterocycles. The van der Waals surface area contributed by atoms with E-state index in [1.807, 2.05) is 12.1 Å². The van der Waals surface area contributed by atoms with Crippen LogP contribution in [0.2, 0.25) is 0 Å². The van der Waals surface area contributed by atoms with Gasteiger partial charge in [0.15, 0.2) is 0 Å². The number of ether oxygens (including phenoxy) is 1. The van der Waals surface area contributed by atoms with Crippen LogP contribution in [0.3, 0.4) is 0 Å². The van der Waals surface area contributed by atoms with Gasteiger partial charge in [-0.3, -0.25) is 11.3 Å². The minimum Gasteiger partial charge on any atom is -0.496 e. The van der Waals surface area contributed by atoms with E-state index in [1.54, 1.807) is 7.11 Å². The predicted octanol–water partition coefficient (Wildman–Crippen LogP) is 3.41. The Morgan fingerprint density at radius 3 is 2.68 bits per heavy atom. The first-order chi connectivity index (χ1) is 9.09. The highest BCUT2D eigenvalue weighted by atomic mass is 79.9. The maximum Gasteiger partial charge on any atom is 0.122 e. The molecule has 1 unspecified atom stereocenters. The quantitative estimate of drug-likeness (QED) is 0.643. The smallest absolute Gasteiger partial charge is 0.122 e. The molecule has 0 radical (unpaired) electrons. The van der Waals surface area contributed by atoms with Crippen molar-refractivity contribution >= 4 is 15.9 Å². The highest BCUT2D eigenvalue weighted by Crippen LogP contribution is 2.42. The van der Waals surface area contributed by atoms with E-state index in [9.17, 15) is 0 Å².